The summed E-state index contributed by atoms with van der Waals surface area (Å²) in [5, 5.41) is 23.0. The molecule has 0 aromatic carbocycles. The molecule has 0 saturated heterocycles. The molecule has 0 aromatic heterocycles. The van der Waals surface area contributed by atoms with Crippen LogP contribution >= 0.6 is 0 Å². The van der Waals surface area contributed by atoms with E-state index in [4.69, 9.17) is 4.74 Å². The van der Waals surface area contributed by atoms with Crippen LogP contribution in [0.2, 0.25) is 0 Å². The van der Waals surface area contributed by atoms with Gasteiger partial charge in [-0.15, -0.1) is 0 Å². The van der Waals surface area contributed by atoms with E-state index in [-0.39, 0.29) is 18.5 Å². The van der Waals surface area contributed by atoms with Crippen molar-refractivity contribution in [3.63, 3.8) is 0 Å². The molecular weight excluding hydrogens is 851 g/mol. The van der Waals surface area contributed by atoms with Gasteiger partial charge in [0.1, 0.15) is 0 Å². The van der Waals surface area contributed by atoms with Gasteiger partial charge in [0.15, 0.2) is 0 Å². The number of rotatable bonds is 55. The fraction of sp³-hybridized carbons (Fsp3) is 0.810. The zero-order chi connectivity index (χ0) is 50.0. The lowest BCUT2D eigenvalue weighted by Crippen LogP contribution is -2.45. The molecule has 1 amide bonds. The highest BCUT2D eigenvalue weighted by Gasteiger charge is 2.18. The summed E-state index contributed by atoms with van der Waals surface area (Å²) >= 11 is 0. The maximum atomic E-state index is 12.4. The largest absolute Gasteiger partial charge is 0.466 e. The molecule has 0 heterocycles. The van der Waals surface area contributed by atoms with E-state index in [1.54, 1.807) is 6.08 Å². The first-order valence-corrected chi connectivity index (χ1v) is 30.1. The first-order chi connectivity index (χ1) is 34.0. The van der Waals surface area contributed by atoms with E-state index in [0.717, 1.165) is 70.6 Å². The van der Waals surface area contributed by atoms with Crippen LogP contribution in [0.25, 0.3) is 0 Å². The molecule has 0 aliphatic rings. The molecule has 2 unspecified atom stereocenters. The lowest BCUT2D eigenvalue weighted by molar-refractivity contribution is -0.143. The third kappa shape index (κ3) is 54.7. The predicted octanol–water partition coefficient (Wildman–Crippen LogP) is 18.7. The van der Waals surface area contributed by atoms with E-state index in [2.05, 4.69) is 67.8 Å². The van der Waals surface area contributed by atoms with E-state index >= 15 is 0 Å². The molecule has 6 nitrogen and oxygen atoms in total. The van der Waals surface area contributed by atoms with Crippen LogP contribution in [0, 0.1) is 0 Å². The number of carbonyl (C=O) groups is 2. The van der Waals surface area contributed by atoms with E-state index < -0.39 is 12.1 Å². The molecule has 0 aliphatic heterocycles. The van der Waals surface area contributed by atoms with E-state index in [9.17, 15) is 19.8 Å². The molecule has 0 rings (SSSR count). The Morgan fingerprint density at radius 2 is 0.725 bits per heavy atom. The summed E-state index contributed by atoms with van der Waals surface area (Å²) < 4.78 is 5.48. The highest BCUT2D eigenvalue weighted by Crippen LogP contribution is 2.15. The quantitative estimate of drug-likeness (QED) is 0.0321. The number of nitrogens with one attached hydrogen (secondary N) is 1. The van der Waals surface area contributed by atoms with Crippen LogP contribution in [0.1, 0.15) is 303 Å². The normalized spacial score (nSPS) is 13.0. The van der Waals surface area contributed by atoms with Crippen LogP contribution in [-0.2, 0) is 14.3 Å². The minimum atomic E-state index is -0.851. The Labute approximate surface area is 428 Å². The second-order valence-corrected chi connectivity index (χ2v) is 20.3. The van der Waals surface area contributed by atoms with Gasteiger partial charge >= 0.3 is 5.97 Å². The van der Waals surface area contributed by atoms with Crippen LogP contribution in [0.3, 0.4) is 0 Å². The monoisotopic (exact) mass is 966 g/mol. The third-order valence-electron chi connectivity index (χ3n) is 13.5. The van der Waals surface area contributed by atoms with Crippen molar-refractivity contribution in [1.82, 2.24) is 5.32 Å². The van der Waals surface area contributed by atoms with Gasteiger partial charge in [0.2, 0.25) is 5.91 Å². The zero-order valence-electron chi connectivity index (χ0n) is 45.8. The highest BCUT2D eigenvalue weighted by molar-refractivity contribution is 5.76. The van der Waals surface area contributed by atoms with Crippen molar-refractivity contribution in [1.29, 1.82) is 0 Å². The maximum Gasteiger partial charge on any atom is 0.305 e. The van der Waals surface area contributed by atoms with E-state index in [0.29, 0.717) is 19.4 Å². The Morgan fingerprint density at radius 1 is 0.406 bits per heavy atom. The van der Waals surface area contributed by atoms with Crippen molar-refractivity contribution in [3.8, 4) is 0 Å². The molecule has 69 heavy (non-hydrogen) atoms. The first kappa shape index (κ1) is 66.6. The van der Waals surface area contributed by atoms with Gasteiger partial charge in [-0.1, -0.05) is 254 Å². The lowest BCUT2D eigenvalue weighted by Gasteiger charge is -2.20. The molecule has 0 aliphatic carbocycles. The summed E-state index contributed by atoms with van der Waals surface area (Å²) in [6, 6.07) is -0.635. The predicted molar refractivity (Wildman–Crippen MR) is 301 cm³/mol. The summed E-state index contributed by atoms with van der Waals surface area (Å²) in [4.78, 5) is 24.5. The summed E-state index contributed by atoms with van der Waals surface area (Å²) in [5.74, 6) is -0.0824. The van der Waals surface area contributed by atoms with Gasteiger partial charge in [-0.2, -0.15) is 0 Å². The molecule has 3 N–H and O–H groups in total. The molecule has 2 atom stereocenters. The summed E-state index contributed by atoms with van der Waals surface area (Å²) in [7, 11) is 0. The Balaban J connectivity index is 3.46. The van der Waals surface area contributed by atoms with Crippen molar-refractivity contribution in [2.75, 3.05) is 13.2 Å². The minimum absolute atomic E-state index is 0.00162. The van der Waals surface area contributed by atoms with Gasteiger partial charge in [0.25, 0.3) is 0 Å². The fourth-order valence-electron chi connectivity index (χ4n) is 8.87. The van der Waals surface area contributed by atoms with Crippen LogP contribution in [-0.4, -0.2) is 47.4 Å². The number of aliphatic hydroxyl groups is 2. The number of aliphatic hydroxyl groups excluding tert-OH is 2. The van der Waals surface area contributed by atoms with Crippen LogP contribution in [0.15, 0.2) is 60.8 Å². The van der Waals surface area contributed by atoms with E-state index in [1.807, 2.05) is 6.08 Å². The number of esters is 1. The molecule has 0 saturated carbocycles. The zero-order valence-corrected chi connectivity index (χ0v) is 45.8. The van der Waals surface area contributed by atoms with Gasteiger partial charge in [-0.05, 0) is 96.3 Å². The Kier molecular flexibility index (Phi) is 56.1. The van der Waals surface area contributed by atoms with Gasteiger partial charge < -0.3 is 20.3 Å². The smallest absolute Gasteiger partial charge is 0.305 e. The number of carbonyl (C=O) groups excluding carboxylic acids is 2. The van der Waals surface area contributed by atoms with Gasteiger partial charge in [0, 0.05) is 12.8 Å². The SMILES string of the molecule is CCCCCC/C=C\C/C=C\CCCCCCCCCC(=O)OCCCCCCCCCCC/C=C\C/C=C\CCCCCCCCCC(=O)NC(CO)C(O)/C=C/CCCCCCCCCCC. The average Bonchev–Trinajstić information content (AvgIpc) is 3.35. The summed E-state index contributed by atoms with van der Waals surface area (Å²) in [6.45, 7) is 4.86. The first-order valence-electron chi connectivity index (χ1n) is 30.1. The van der Waals surface area contributed by atoms with Crippen molar-refractivity contribution < 1.29 is 24.5 Å². The number of ether oxygens (including phenoxy) is 1. The van der Waals surface area contributed by atoms with Gasteiger partial charge in [0.05, 0.1) is 25.4 Å². The molecule has 0 radical (unpaired) electrons. The molecule has 0 spiro atoms. The molecule has 0 aromatic rings. The topological polar surface area (TPSA) is 95.9 Å². The van der Waals surface area contributed by atoms with Crippen molar-refractivity contribution in [2.45, 2.75) is 315 Å². The summed E-state index contributed by atoms with van der Waals surface area (Å²) in [5.41, 5.74) is 0. The second kappa shape index (κ2) is 58.1. The van der Waals surface area contributed by atoms with Gasteiger partial charge in [-0.3, -0.25) is 9.59 Å². The molecule has 402 valence electrons. The van der Waals surface area contributed by atoms with E-state index in [1.165, 1.54) is 205 Å². The van der Waals surface area contributed by atoms with Crippen LogP contribution in [0.4, 0.5) is 0 Å². The highest BCUT2D eigenvalue weighted by atomic mass is 16.5. The fourth-order valence-corrected chi connectivity index (χ4v) is 8.87. The minimum Gasteiger partial charge on any atom is -0.466 e. The van der Waals surface area contributed by atoms with Crippen LogP contribution < -0.4 is 5.32 Å². The number of hydrogen-bond donors (Lipinski definition) is 3. The standard InChI is InChI=1S/C63H115NO5/c1-3-5-7-9-11-13-15-16-17-18-27-30-33-37-41-45-49-53-57-63(68)69-58-54-50-46-42-38-34-31-28-25-23-21-19-20-22-24-26-29-32-36-40-44-48-52-56-62(67)64-60(59-65)61(66)55-51-47-43-39-35-14-12-10-8-6-4-2/h13,15,17-19,21-22,24,51,55,60-61,65-66H,3-12,14,16,20,23,25-50,52-54,56-59H2,1-2H3,(H,64,67)/b15-13-,18-17-,21-19-,24-22-,55-51+. The number of hydrogen-bond acceptors (Lipinski definition) is 5. The molecular formula is C63H115NO5. The molecule has 6 heteroatoms. The average molecular weight is 967 g/mol. The maximum absolute atomic E-state index is 12.4. The number of allylic oxidation sites excluding steroid dienone is 9. The molecule has 0 fully saturated rings. The van der Waals surface area contributed by atoms with Crippen molar-refractivity contribution >= 4 is 11.9 Å². The number of unbranched alkanes of at least 4 members (excludes halogenated alkanes) is 36. The lowest BCUT2D eigenvalue weighted by atomic mass is 10.1. The number of amides is 1. The summed E-state index contributed by atoms with van der Waals surface area (Å²) in [6.07, 6.45) is 75.4. The molecule has 0 bridgehead atoms. The second-order valence-electron chi connectivity index (χ2n) is 20.3. The third-order valence-corrected chi connectivity index (χ3v) is 13.5. The Bertz CT molecular complexity index is 1210. The van der Waals surface area contributed by atoms with Crippen molar-refractivity contribution in [3.05, 3.63) is 60.8 Å². The Hall–Kier alpha value is -2.44. The van der Waals surface area contributed by atoms with Crippen LogP contribution in [0.5, 0.6) is 0 Å². The van der Waals surface area contributed by atoms with Crippen molar-refractivity contribution in [2.24, 2.45) is 0 Å². The Morgan fingerprint density at radius 3 is 1.12 bits per heavy atom. The van der Waals surface area contributed by atoms with Gasteiger partial charge in [-0.25, -0.2) is 0 Å².